The molecule has 2 aromatic carbocycles. The maximum atomic E-state index is 13.3. The maximum absolute atomic E-state index is 13.3. The topological polar surface area (TPSA) is 53.5 Å². The number of piperidine rings is 1. The Balaban J connectivity index is 1.34. The first kappa shape index (κ1) is 19.9. The van der Waals surface area contributed by atoms with Crippen LogP contribution < -0.4 is 0 Å². The van der Waals surface area contributed by atoms with Gasteiger partial charge in [0.15, 0.2) is 0 Å². The molecule has 3 heterocycles. The van der Waals surface area contributed by atoms with E-state index >= 15 is 0 Å². The third kappa shape index (κ3) is 3.88. The Labute approximate surface area is 186 Å². The Morgan fingerprint density at radius 1 is 1.13 bits per heavy atom. The number of aromatic nitrogens is 1. The average Bonchev–Trinajstić information content (AvgIpc) is 3.23. The van der Waals surface area contributed by atoms with Gasteiger partial charge in [0.1, 0.15) is 0 Å². The van der Waals surface area contributed by atoms with Crippen molar-refractivity contribution in [2.75, 3.05) is 13.1 Å². The second-order valence-electron chi connectivity index (χ2n) is 8.29. The quantitative estimate of drug-likeness (QED) is 0.589. The summed E-state index contributed by atoms with van der Waals surface area (Å²) in [4.78, 5) is 34.1. The summed E-state index contributed by atoms with van der Waals surface area (Å²) in [6, 6.07) is 16.0. The van der Waals surface area contributed by atoms with Gasteiger partial charge in [0, 0.05) is 32.1 Å². The van der Waals surface area contributed by atoms with E-state index < -0.39 is 0 Å². The van der Waals surface area contributed by atoms with E-state index in [-0.39, 0.29) is 23.8 Å². The van der Waals surface area contributed by atoms with Crippen molar-refractivity contribution in [3.8, 4) is 0 Å². The average molecular weight is 432 g/mol. The van der Waals surface area contributed by atoms with E-state index in [0.29, 0.717) is 13.0 Å². The molecule has 0 radical (unpaired) electrons. The summed E-state index contributed by atoms with van der Waals surface area (Å²) >= 11 is 1.74. The molecular formula is C25H25N3O2S. The van der Waals surface area contributed by atoms with Crippen LogP contribution in [0.4, 0.5) is 0 Å². The molecule has 2 atom stereocenters. The molecule has 0 bridgehead atoms. The number of thiazole rings is 1. The minimum atomic E-state index is -0.256. The van der Waals surface area contributed by atoms with E-state index in [1.807, 2.05) is 59.6 Å². The summed E-state index contributed by atoms with van der Waals surface area (Å²) in [7, 11) is 0. The highest BCUT2D eigenvalue weighted by atomic mass is 32.1. The summed E-state index contributed by atoms with van der Waals surface area (Å²) in [5, 5.41) is 1.12. The predicted octanol–water partition coefficient (Wildman–Crippen LogP) is 4.97. The number of benzene rings is 2. The van der Waals surface area contributed by atoms with Crippen LogP contribution in [0.1, 0.15) is 54.3 Å². The van der Waals surface area contributed by atoms with Gasteiger partial charge in [0.05, 0.1) is 27.7 Å². The van der Waals surface area contributed by atoms with Gasteiger partial charge in [-0.3, -0.25) is 9.59 Å². The lowest BCUT2D eigenvalue weighted by molar-refractivity contribution is -0.135. The third-order valence-electron chi connectivity index (χ3n) is 6.27. The summed E-state index contributed by atoms with van der Waals surface area (Å²) in [5.41, 5.74) is 3.14. The van der Waals surface area contributed by atoms with Crippen molar-refractivity contribution < 1.29 is 9.59 Å². The van der Waals surface area contributed by atoms with Crippen LogP contribution in [0.3, 0.4) is 0 Å². The van der Waals surface area contributed by atoms with Crippen LogP contribution in [0.15, 0.2) is 54.7 Å². The first-order valence-corrected chi connectivity index (χ1v) is 11.6. The fourth-order valence-corrected chi connectivity index (χ4v) is 5.77. The number of amides is 2. The van der Waals surface area contributed by atoms with Gasteiger partial charge in [-0.25, -0.2) is 4.98 Å². The minimum absolute atomic E-state index is 0.0467. The lowest BCUT2D eigenvalue weighted by atomic mass is 9.92. The van der Waals surface area contributed by atoms with Crippen LogP contribution in [0.5, 0.6) is 0 Å². The molecule has 3 aromatic rings. The van der Waals surface area contributed by atoms with E-state index in [1.54, 1.807) is 23.2 Å². The van der Waals surface area contributed by atoms with Crippen molar-refractivity contribution >= 4 is 39.4 Å². The minimum Gasteiger partial charge on any atom is -0.342 e. The third-order valence-corrected chi connectivity index (χ3v) is 7.47. The van der Waals surface area contributed by atoms with E-state index in [0.717, 1.165) is 41.0 Å². The Bertz CT molecular complexity index is 1140. The van der Waals surface area contributed by atoms with Crippen molar-refractivity contribution in [1.82, 2.24) is 14.8 Å². The highest BCUT2D eigenvalue weighted by Crippen LogP contribution is 2.36. The van der Waals surface area contributed by atoms with Gasteiger partial charge in [-0.1, -0.05) is 36.4 Å². The number of carbonyl (C=O) groups is 2. The van der Waals surface area contributed by atoms with Crippen LogP contribution >= 0.6 is 11.3 Å². The van der Waals surface area contributed by atoms with E-state index in [2.05, 4.69) is 6.07 Å². The monoisotopic (exact) mass is 431 g/mol. The van der Waals surface area contributed by atoms with Crippen LogP contribution in [0.25, 0.3) is 16.3 Å². The van der Waals surface area contributed by atoms with E-state index in [1.165, 1.54) is 4.70 Å². The van der Waals surface area contributed by atoms with E-state index in [9.17, 15) is 9.59 Å². The molecule has 0 aliphatic carbocycles. The highest BCUT2D eigenvalue weighted by Gasteiger charge is 2.32. The van der Waals surface area contributed by atoms with Crippen molar-refractivity contribution in [2.24, 2.45) is 0 Å². The number of likely N-dealkylation sites (tertiary alicyclic amines) is 1. The Morgan fingerprint density at radius 3 is 2.77 bits per heavy atom. The Hall–Kier alpha value is -2.99. The van der Waals surface area contributed by atoms with Crippen LogP contribution in [0, 0.1) is 0 Å². The molecule has 0 saturated carbocycles. The Morgan fingerprint density at radius 2 is 1.94 bits per heavy atom. The summed E-state index contributed by atoms with van der Waals surface area (Å²) in [6.45, 7) is 3.02. The van der Waals surface area contributed by atoms with Crippen molar-refractivity contribution in [2.45, 2.75) is 38.1 Å². The van der Waals surface area contributed by atoms with Crippen LogP contribution in [0.2, 0.25) is 0 Å². The smallest absolute Gasteiger partial charge is 0.225 e. The van der Waals surface area contributed by atoms with Gasteiger partial charge in [-0.05, 0) is 42.2 Å². The van der Waals surface area contributed by atoms with Crippen LogP contribution in [-0.2, 0) is 9.59 Å². The van der Waals surface area contributed by atoms with E-state index in [4.69, 9.17) is 4.98 Å². The number of fused-ring (bicyclic) bond motifs is 2. The molecule has 5 nitrogen and oxygen atoms in total. The van der Waals surface area contributed by atoms with Crippen LogP contribution in [-0.4, -0.2) is 39.7 Å². The molecule has 2 unspecified atom stereocenters. The molecule has 31 heavy (non-hydrogen) atoms. The normalized spacial score (nSPS) is 20.7. The van der Waals surface area contributed by atoms with Gasteiger partial charge in [0.2, 0.25) is 11.8 Å². The first-order valence-electron chi connectivity index (χ1n) is 10.8. The SMILES string of the molecule is CC(=O)N1C=Cc2ccccc2C1CC(=O)N1CCCC(c2nc3ccccc3s2)C1. The summed E-state index contributed by atoms with van der Waals surface area (Å²) in [5.74, 6) is 0.333. The highest BCUT2D eigenvalue weighted by molar-refractivity contribution is 7.18. The van der Waals surface area contributed by atoms with Gasteiger partial charge < -0.3 is 9.80 Å². The van der Waals surface area contributed by atoms with Crippen molar-refractivity contribution in [3.63, 3.8) is 0 Å². The van der Waals surface area contributed by atoms with Gasteiger partial charge in [-0.2, -0.15) is 0 Å². The molecule has 2 amide bonds. The van der Waals surface area contributed by atoms with Gasteiger partial charge in [0.25, 0.3) is 0 Å². The number of para-hydroxylation sites is 1. The maximum Gasteiger partial charge on any atom is 0.225 e. The number of carbonyl (C=O) groups excluding carboxylic acids is 2. The largest absolute Gasteiger partial charge is 0.342 e. The molecule has 158 valence electrons. The predicted molar refractivity (Wildman–Crippen MR) is 124 cm³/mol. The zero-order valence-corrected chi connectivity index (χ0v) is 18.3. The molecule has 0 spiro atoms. The molecule has 1 saturated heterocycles. The molecular weight excluding hydrogens is 406 g/mol. The molecule has 1 fully saturated rings. The molecule has 6 heteroatoms. The number of hydrogen-bond donors (Lipinski definition) is 0. The fraction of sp³-hybridized carbons (Fsp3) is 0.320. The number of nitrogens with zero attached hydrogens (tertiary/aromatic N) is 3. The first-order chi connectivity index (χ1) is 15.1. The molecule has 0 N–H and O–H groups in total. The summed E-state index contributed by atoms with van der Waals surface area (Å²) in [6.07, 6.45) is 6.08. The zero-order chi connectivity index (χ0) is 21.4. The van der Waals surface area contributed by atoms with Crippen molar-refractivity contribution in [3.05, 3.63) is 70.9 Å². The molecule has 1 aromatic heterocycles. The standard InChI is InChI=1S/C25H25N3O2S/c1-17(29)28-14-12-18-7-2-3-9-20(18)22(28)15-24(30)27-13-6-8-19(16-27)25-26-21-10-4-5-11-23(21)31-25/h2-5,7,9-12,14,19,22H,6,8,13,15-16H2,1H3. The second kappa shape index (κ2) is 8.27. The number of hydrogen-bond acceptors (Lipinski definition) is 4. The molecule has 2 aliphatic heterocycles. The summed E-state index contributed by atoms with van der Waals surface area (Å²) < 4.78 is 1.20. The lowest BCUT2D eigenvalue weighted by Crippen LogP contribution is -2.41. The fourth-order valence-electron chi connectivity index (χ4n) is 4.68. The zero-order valence-electron chi connectivity index (χ0n) is 17.5. The van der Waals surface area contributed by atoms with Gasteiger partial charge in [-0.15, -0.1) is 11.3 Å². The second-order valence-corrected chi connectivity index (χ2v) is 9.35. The molecule has 5 rings (SSSR count). The van der Waals surface area contributed by atoms with Crippen molar-refractivity contribution in [1.29, 1.82) is 0 Å². The van der Waals surface area contributed by atoms with Gasteiger partial charge >= 0.3 is 0 Å². The lowest BCUT2D eigenvalue weighted by Gasteiger charge is -2.36. The Kier molecular flexibility index (Phi) is 5.32. The number of rotatable bonds is 3. The molecule has 2 aliphatic rings.